The van der Waals surface area contributed by atoms with Gasteiger partial charge in [-0.15, -0.1) is 0 Å². The second kappa shape index (κ2) is 26.3. The Kier molecular flexibility index (Phi) is 18.1. The Bertz CT molecular complexity index is 3350. The Labute approximate surface area is 481 Å². The van der Waals surface area contributed by atoms with Crippen molar-refractivity contribution in [3.05, 3.63) is 202 Å². The van der Waals surface area contributed by atoms with E-state index in [1.165, 1.54) is 28.0 Å². The predicted octanol–water partition coefficient (Wildman–Crippen LogP) is 3.93. The van der Waals surface area contributed by atoms with Crippen LogP contribution in [0, 0.1) is 5.82 Å². The van der Waals surface area contributed by atoms with Crippen LogP contribution >= 0.6 is 0 Å². The third-order valence-corrected chi connectivity index (χ3v) is 16.2. The van der Waals surface area contributed by atoms with Gasteiger partial charge >= 0.3 is 0 Å². The van der Waals surface area contributed by atoms with Crippen molar-refractivity contribution in [2.45, 2.75) is 119 Å². The highest BCUT2D eigenvalue weighted by molar-refractivity contribution is 6.00. The van der Waals surface area contributed by atoms with E-state index in [9.17, 15) is 42.7 Å². The van der Waals surface area contributed by atoms with Crippen LogP contribution in [-0.4, -0.2) is 118 Å². The molecule has 6 aromatic rings. The summed E-state index contributed by atoms with van der Waals surface area (Å²) in [6.07, 6.45) is 2.08. The van der Waals surface area contributed by atoms with Gasteiger partial charge in [0.25, 0.3) is 0 Å². The molecule has 17 nitrogen and oxygen atoms in total. The molecule has 4 heterocycles. The lowest BCUT2D eigenvalue weighted by atomic mass is 9.93. The lowest BCUT2D eigenvalue weighted by Crippen LogP contribution is -2.62. The van der Waals surface area contributed by atoms with E-state index in [1.807, 2.05) is 133 Å². The van der Waals surface area contributed by atoms with Gasteiger partial charge in [0.05, 0.1) is 0 Å². The number of carbonyl (C=O) groups excluding carboxylic acids is 8. The Morgan fingerprint density at radius 1 is 0.386 bits per heavy atom. The van der Waals surface area contributed by atoms with Crippen molar-refractivity contribution in [3.8, 4) is 11.1 Å². The van der Waals surface area contributed by atoms with Crippen molar-refractivity contribution in [3.63, 3.8) is 0 Å². The molecule has 428 valence electrons. The van der Waals surface area contributed by atoms with Gasteiger partial charge in [0.1, 0.15) is 54.2 Å². The molecule has 18 heteroatoms. The summed E-state index contributed by atoms with van der Waals surface area (Å²) < 4.78 is 14.4. The van der Waals surface area contributed by atoms with Gasteiger partial charge in [-0.1, -0.05) is 146 Å². The second-order valence-electron chi connectivity index (χ2n) is 21.9. The average molecular weight is 1120 g/mol. The monoisotopic (exact) mass is 1120 g/mol. The first-order valence-corrected chi connectivity index (χ1v) is 28.5. The molecule has 0 bridgehead atoms. The van der Waals surface area contributed by atoms with Gasteiger partial charge in [0, 0.05) is 58.2 Å². The fourth-order valence-electron chi connectivity index (χ4n) is 11.8. The Morgan fingerprint density at radius 3 is 1.24 bits per heavy atom. The fourth-order valence-corrected chi connectivity index (χ4v) is 11.8. The minimum Gasteiger partial charge on any atom is -0.342 e. The van der Waals surface area contributed by atoms with Crippen LogP contribution in [-0.2, 0) is 83.4 Å². The quantitative estimate of drug-likeness (QED) is 0.0836. The van der Waals surface area contributed by atoms with Crippen LogP contribution in [0.15, 0.2) is 158 Å². The summed E-state index contributed by atoms with van der Waals surface area (Å²) in [5.74, 6) is -4.75. The molecule has 10 rings (SSSR count). The fraction of sp³-hybridized carbons (Fsp3) is 0.323. The summed E-state index contributed by atoms with van der Waals surface area (Å²) in [5, 5.41) is 17.6. The maximum atomic E-state index is 15.0. The van der Waals surface area contributed by atoms with Crippen LogP contribution in [0.2, 0.25) is 0 Å². The number of hydrogen-bond donors (Lipinski definition) is 7. The summed E-state index contributed by atoms with van der Waals surface area (Å²) in [6, 6.07) is 37.7. The number of nitrogens with zero attached hydrogens (tertiary/aromatic N) is 2. The molecule has 0 spiro atoms. The van der Waals surface area contributed by atoms with E-state index >= 15 is 0 Å². The molecule has 83 heavy (non-hydrogen) atoms. The number of benzene rings is 6. The van der Waals surface area contributed by atoms with E-state index in [-0.39, 0.29) is 45.1 Å². The number of amides is 8. The zero-order chi connectivity index (χ0) is 58.0. The van der Waals surface area contributed by atoms with E-state index in [0.717, 1.165) is 33.4 Å². The number of hydrogen-bond acceptors (Lipinski definition) is 9. The standard InChI is InChI=1S/C65H68FN9O8/c66-48-18-9-16-45(32-48)37-53-59(77)68-50(33-40-12-3-1-4-13-40)61(79)73-55(65(83)75-31-11-21-57(75)63(81)71-53)38-47-17-7-8-19-49(47)46-28-26-43(27-29-46)35-51-60(78)72-54(36-41-14-5-2-6-15-41)64(82)74-30-10-20-56(74)62(80)70-52(58(76)69-51)34-42-22-24-44(39-67)25-23-42/h1-9,12-19,22-29,32,50-57H,10-11,20-21,30-31,33-39,67H2,(H,68,77)(H,69,76)(H,70,80)(H,71,81)(H,72,78)(H,73,79)/t50-,51-,52+,53+,54+,55+,56-,57-/m1/s1. The van der Waals surface area contributed by atoms with Crippen molar-refractivity contribution in [1.29, 1.82) is 0 Å². The van der Waals surface area contributed by atoms with Crippen molar-refractivity contribution < 1.29 is 42.7 Å². The van der Waals surface area contributed by atoms with E-state index < -0.39 is 101 Å². The zero-order valence-corrected chi connectivity index (χ0v) is 45.9. The van der Waals surface area contributed by atoms with E-state index in [1.54, 1.807) is 6.07 Å². The smallest absolute Gasteiger partial charge is 0.246 e. The molecule has 0 aromatic heterocycles. The van der Waals surface area contributed by atoms with Crippen LogP contribution in [0.5, 0.6) is 0 Å². The molecule has 0 unspecified atom stereocenters. The van der Waals surface area contributed by atoms with Gasteiger partial charge in [-0.3, -0.25) is 38.4 Å². The second-order valence-corrected chi connectivity index (χ2v) is 21.9. The van der Waals surface area contributed by atoms with Gasteiger partial charge in [0.15, 0.2) is 0 Å². The van der Waals surface area contributed by atoms with Gasteiger partial charge in [-0.2, -0.15) is 0 Å². The van der Waals surface area contributed by atoms with Gasteiger partial charge < -0.3 is 47.4 Å². The maximum Gasteiger partial charge on any atom is 0.246 e. The summed E-state index contributed by atoms with van der Waals surface area (Å²) in [4.78, 5) is 119. The average Bonchev–Trinajstić information content (AvgIpc) is 4.45. The number of nitrogens with one attached hydrogen (secondary N) is 6. The lowest BCUT2D eigenvalue weighted by Gasteiger charge is -2.33. The minimum atomic E-state index is -1.19. The molecule has 0 radical (unpaired) electrons. The number of rotatable bonds is 14. The highest BCUT2D eigenvalue weighted by Crippen LogP contribution is 2.29. The first-order valence-electron chi connectivity index (χ1n) is 28.5. The van der Waals surface area contributed by atoms with Crippen LogP contribution in [0.4, 0.5) is 4.39 Å². The van der Waals surface area contributed by atoms with E-state index in [0.29, 0.717) is 55.5 Å². The normalized spacial score (nSPS) is 23.6. The summed E-state index contributed by atoms with van der Waals surface area (Å²) in [6.45, 7) is 0.878. The van der Waals surface area contributed by atoms with Gasteiger partial charge in [0.2, 0.25) is 47.3 Å². The molecule has 6 aromatic carbocycles. The van der Waals surface area contributed by atoms with E-state index in [4.69, 9.17) is 5.73 Å². The number of carbonyl (C=O) groups is 8. The number of fused-ring (bicyclic) bond motifs is 2. The molecule has 8 atom stereocenters. The van der Waals surface area contributed by atoms with Crippen molar-refractivity contribution >= 4 is 47.3 Å². The largest absolute Gasteiger partial charge is 0.342 e. The van der Waals surface area contributed by atoms with Crippen LogP contribution in [0.1, 0.15) is 64.6 Å². The first kappa shape index (κ1) is 57.2. The Hall–Kier alpha value is -9.03. The van der Waals surface area contributed by atoms with Crippen molar-refractivity contribution in [2.75, 3.05) is 13.1 Å². The molecule has 4 aliphatic rings. The molecule has 0 saturated carbocycles. The highest BCUT2D eigenvalue weighted by Gasteiger charge is 2.43. The Morgan fingerprint density at radius 2 is 0.759 bits per heavy atom. The number of nitrogens with two attached hydrogens (primary N) is 1. The summed E-state index contributed by atoms with van der Waals surface area (Å²) >= 11 is 0. The van der Waals surface area contributed by atoms with E-state index in [2.05, 4.69) is 31.9 Å². The summed E-state index contributed by atoms with van der Waals surface area (Å²) in [5.41, 5.74) is 12.3. The molecule has 4 saturated heterocycles. The lowest BCUT2D eigenvalue weighted by molar-refractivity contribution is -0.143. The topological polar surface area (TPSA) is 241 Å². The molecule has 0 aliphatic carbocycles. The van der Waals surface area contributed by atoms with Gasteiger partial charge in [-0.25, -0.2) is 4.39 Å². The van der Waals surface area contributed by atoms with Crippen LogP contribution < -0.4 is 37.6 Å². The molecule has 4 fully saturated rings. The van der Waals surface area contributed by atoms with Crippen LogP contribution in [0.3, 0.4) is 0 Å². The summed E-state index contributed by atoms with van der Waals surface area (Å²) in [7, 11) is 0. The minimum absolute atomic E-state index is 0.00335. The molecule has 8 amide bonds. The SMILES string of the molecule is NCc1ccc(C[C@@H]2NC(=O)[C@H]3CCCN3C(=O)[C@H](Cc3ccccc3)NC(=O)[C@@H](Cc3ccc(-c4ccccc4C[C@@H]4NC(=O)[C@@H](Cc5ccccc5)NC(=O)[C@H](Cc5cccc(F)c5)NC(=O)[C@H]5CCCN5C4=O)cc3)NC2=O)cc1. The molecular weight excluding hydrogens is 1050 g/mol. The highest BCUT2D eigenvalue weighted by atomic mass is 19.1. The zero-order valence-electron chi connectivity index (χ0n) is 45.9. The maximum absolute atomic E-state index is 15.0. The molecular formula is C65H68FN9O8. The van der Waals surface area contributed by atoms with Crippen molar-refractivity contribution in [1.82, 2.24) is 41.7 Å². The first-order chi connectivity index (χ1) is 40.3. The molecule has 8 N–H and O–H groups in total. The molecule has 4 aliphatic heterocycles. The number of halogens is 1. The van der Waals surface area contributed by atoms with Crippen LogP contribution in [0.25, 0.3) is 11.1 Å². The van der Waals surface area contributed by atoms with Gasteiger partial charge in [-0.05, 0) is 87.9 Å². The van der Waals surface area contributed by atoms with Crippen molar-refractivity contribution in [2.24, 2.45) is 5.73 Å². The predicted molar refractivity (Wildman–Crippen MR) is 309 cm³/mol. The Balaban J connectivity index is 0.924. The third-order valence-electron chi connectivity index (χ3n) is 16.2. The third kappa shape index (κ3) is 14.0.